The van der Waals surface area contributed by atoms with E-state index in [0.717, 1.165) is 0 Å². The molecule has 17 heavy (non-hydrogen) atoms. The lowest BCUT2D eigenvalue weighted by Crippen LogP contribution is -2.47. The number of ether oxygens (including phenoxy) is 1. The van der Waals surface area contributed by atoms with E-state index in [0.29, 0.717) is 0 Å². The number of halogens is 2. The average molecular weight is 299 g/mol. The molecular formula is C11H8BrFN2O2. The smallest absolute Gasteiger partial charge is 0.176 e. The number of aromatic nitrogens is 1. The third-order valence-corrected chi connectivity index (χ3v) is 3.18. The second-order valence-electron chi connectivity index (χ2n) is 3.76. The van der Waals surface area contributed by atoms with Crippen molar-refractivity contribution in [2.24, 2.45) is 0 Å². The number of Topliss-reactive ketones (excluding diaryl/α,β-unsaturated/α-hetero) is 1. The summed E-state index contributed by atoms with van der Waals surface area (Å²) < 4.78 is 19.0. The molecule has 0 radical (unpaired) electrons. The molecule has 6 heteroatoms. The highest BCUT2D eigenvalue weighted by Gasteiger charge is 2.45. The van der Waals surface area contributed by atoms with Gasteiger partial charge < -0.3 is 4.74 Å². The summed E-state index contributed by atoms with van der Waals surface area (Å²) in [5.41, 5.74) is -1.10. The molecule has 0 spiro atoms. The summed E-state index contributed by atoms with van der Waals surface area (Å²) in [6, 6.07) is 3.32. The van der Waals surface area contributed by atoms with Gasteiger partial charge in [0.2, 0.25) is 0 Å². The molecule has 1 aliphatic heterocycles. The van der Waals surface area contributed by atoms with Crippen LogP contribution in [0.5, 0.6) is 0 Å². The Morgan fingerprint density at radius 1 is 1.71 bits per heavy atom. The summed E-state index contributed by atoms with van der Waals surface area (Å²) in [4.78, 5) is 15.4. The third-order valence-electron chi connectivity index (χ3n) is 2.68. The number of ketones is 1. The van der Waals surface area contributed by atoms with Gasteiger partial charge in [-0.2, -0.15) is 5.26 Å². The summed E-state index contributed by atoms with van der Waals surface area (Å²) >= 11 is 2.98. The van der Waals surface area contributed by atoms with E-state index in [-0.39, 0.29) is 35.6 Å². The first-order chi connectivity index (χ1) is 8.14. The lowest BCUT2D eigenvalue weighted by Gasteiger charge is -2.34. The zero-order valence-electron chi connectivity index (χ0n) is 8.74. The second-order valence-corrected chi connectivity index (χ2v) is 4.33. The van der Waals surface area contributed by atoms with Crippen molar-refractivity contribution >= 4 is 21.7 Å². The molecule has 0 saturated carbocycles. The van der Waals surface area contributed by atoms with Crippen LogP contribution in [0.4, 0.5) is 4.39 Å². The Bertz CT molecular complexity index is 509. The standard InChI is InChI=1S/C11H8BrFN2O2/c12-3-8(16)7-1-2-15-10(9(7)13)11(4-14)5-17-6-11/h1-2H,3,5-6H2. The fraction of sp³-hybridized carbons (Fsp3) is 0.364. The van der Waals surface area contributed by atoms with E-state index < -0.39 is 11.2 Å². The predicted octanol–water partition coefficient (Wildman–Crippen LogP) is 1.59. The lowest BCUT2D eigenvalue weighted by molar-refractivity contribution is -0.0334. The molecule has 0 unspecified atom stereocenters. The van der Waals surface area contributed by atoms with Gasteiger partial charge in [-0.1, -0.05) is 15.9 Å². The first-order valence-corrected chi connectivity index (χ1v) is 6.00. The quantitative estimate of drug-likeness (QED) is 0.628. The zero-order chi connectivity index (χ0) is 12.5. The molecule has 1 aromatic heterocycles. The van der Waals surface area contributed by atoms with E-state index in [1.807, 2.05) is 6.07 Å². The van der Waals surface area contributed by atoms with E-state index in [2.05, 4.69) is 20.9 Å². The minimum Gasteiger partial charge on any atom is -0.377 e. The van der Waals surface area contributed by atoms with Gasteiger partial charge in [0.05, 0.1) is 30.2 Å². The summed E-state index contributed by atoms with van der Waals surface area (Å²) in [7, 11) is 0. The van der Waals surface area contributed by atoms with Gasteiger partial charge in [0.15, 0.2) is 11.6 Å². The highest BCUT2D eigenvalue weighted by molar-refractivity contribution is 9.09. The topological polar surface area (TPSA) is 63.0 Å². The van der Waals surface area contributed by atoms with Crippen molar-refractivity contribution < 1.29 is 13.9 Å². The number of alkyl halides is 1. The number of hydrogen-bond acceptors (Lipinski definition) is 4. The van der Waals surface area contributed by atoms with Gasteiger partial charge in [0.1, 0.15) is 11.1 Å². The molecule has 2 rings (SSSR count). The predicted molar refractivity (Wildman–Crippen MR) is 60.4 cm³/mol. The fourth-order valence-corrected chi connectivity index (χ4v) is 1.93. The number of hydrogen-bond donors (Lipinski definition) is 0. The van der Waals surface area contributed by atoms with Crippen molar-refractivity contribution in [3.63, 3.8) is 0 Å². The average Bonchev–Trinajstić information content (AvgIpc) is 2.29. The molecule has 1 aromatic rings. The van der Waals surface area contributed by atoms with Gasteiger partial charge in [-0.05, 0) is 6.07 Å². The Labute approximate surface area is 106 Å². The molecular weight excluding hydrogens is 291 g/mol. The summed E-state index contributed by atoms with van der Waals surface area (Å²) in [6.07, 6.45) is 1.34. The van der Waals surface area contributed by atoms with Crippen LogP contribution in [0.2, 0.25) is 0 Å². The first kappa shape index (κ1) is 12.1. The van der Waals surface area contributed by atoms with Crippen molar-refractivity contribution in [1.29, 1.82) is 5.26 Å². The van der Waals surface area contributed by atoms with Crippen LogP contribution < -0.4 is 0 Å². The third kappa shape index (κ3) is 1.85. The van der Waals surface area contributed by atoms with Crippen molar-refractivity contribution in [2.75, 3.05) is 18.5 Å². The van der Waals surface area contributed by atoms with Crippen molar-refractivity contribution in [2.45, 2.75) is 5.41 Å². The minimum atomic E-state index is -1.05. The van der Waals surface area contributed by atoms with E-state index in [9.17, 15) is 9.18 Å². The molecule has 0 bridgehead atoms. The molecule has 0 aliphatic carbocycles. The zero-order valence-corrected chi connectivity index (χ0v) is 10.3. The SMILES string of the molecule is N#CC1(c2nccc(C(=O)CBr)c2F)COC1. The Morgan fingerprint density at radius 2 is 2.41 bits per heavy atom. The molecule has 1 aliphatic rings. The molecule has 88 valence electrons. The van der Waals surface area contributed by atoms with E-state index >= 15 is 0 Å². The lowest BCUT2D eigenvalue weighted by atomic mass is 9.82. The van der Waals surface area contributed by atoms with Crippen LogP contribution in [0.1, 0.15) is 16.1 Å². The molecule has 4 nitrogen and oxygen atoms in total. The Kier molecular flexibility index (Phi) is 3.22. The fourth-order valence-electron chi connectivity index (χ4n) is 1.63. The number of nitriles is 1. The normalized spacial score (nSPS) is 17.0. The van der Waals surface area contributed by atoms with E-state index in [4.69, 9.17) is 10.00 Å². The molecule has 0 N–H and O–H groups in total. The number of carbonyl (C=O) groups excluding carboxylic acids is 1. The van der Waals surface area contributed by atoms with Gasteiger partial charge in [-0.3, -0.25) is 9.78 Å². The molecule has 0 atom stereocenters. The maximum Gasteiger partial charge on any atom is 0.176 e. The Hall–Kier alpha value is -1.32. The highest BCUT2D eigenvalue weighted by Crippen LogP contribution is 2.32. The molecule has 1 saturated heterocycles. The molecule has 2 heterocycles. The summed E-state index contributed by atoms with van der Waals surface area (Å²) in [5.74, 6) is -1.10. The van der Waals surface area contributed by atoms with Gasteiger partial charge in [0.25, 0.3) is 0 Å². The minimum absolute atomic E-state index is 0.00181. The van der Waals surface area contributed by atoms with Gasteiger partial charge in [-0.25, -0.2) is 4.39 Å². The van der Waals surface area contributed by atoms with Crippen LogP contribution in [0, 0.1) is 17.1 Å². The van der Waals surface area contributed by atoms with Crippen molar-refractivity contribution in [3.05, 3.63) is 29.3 Å². The van der Waals surface area contributed by atoms with Crippen LogP contribution in [-0.4, -0.2) is 29.3 Å². The van der Waals surface area contributed by atoms with Crippen LogP contribution in [0.25, 0.3) is 0 Å². The number of nitrogens with zero attached hydrogens (tertiary/aromatic N) is 2. The number of rotatable bonds is 3. The first-order valence-electron chi connectivity index (χ1n) is 4.88. The summed E-state index contributed by atoms with van der Waals surface area (Å²) in [6.45, 7) is 0.221. The van der Waals surface area contributed by atoms with E-state index in [1.165, 1.54) is 12.3 Å². The van der Waals surface area contributed by atoms with Crippen LogP contribution >= 0.6 is 15.9 Å². The maximum absolute atomic E-state index is 14.1. The summed E-state index contributed by atoms with van der Waals surface area (Å²) in [5, 5.41) is 9.10. The van der Waals surface area contributed by atoms with Crippen molar-refractivity contribution in [3.8, 4) is 6.07 Å². The van der Waals surface area contributed by atoms with Crippen LogP contribution in [-0.2, 0) is 10.2 Å². The highest BCUT2D eigenvalue weighted by atomic mass is 79.9. The second kappa shape index (κ2) is 4.51. The van der Waals surface area contributed by atoms with Gasteiger partial charge in [-0.15, -0.1) is 0 Å². The maximum atomic E-state index is 14.1. The monoisotopic (exact) mass is 298 g/mol. The van der Waals surface area contributed by atoms with Crippen LogP contribution in [0.3, 0.4) is 0 Å². The van der Waals surface area contributed by atoms with Gasteiger partial charge >= 0.3 is 0 Å². The van der Waals surface area contributed by atoms with Crippen LogP contribution in [0.15, 0.2) is 12.3 Å². The largest absolute Gasteiger partial charge is 0.377 e. The number of pyridine rings is 1. The molecule has 0 amide bonds. The molecule has 0 aromatic carbocycles. The van der Waals surface area contributed by atoms with Crippen molar-refractivity contribution in [1.82, 2.24) is 4.98 Å². The Balaban J connectivity index is 2.50. The Morgan fingerprint density at radius 3 is 2.88 bits per heavy atom. The van der Waals surface area contributed by atoms with E-state index in [1.54, 1.807) is 0 Å². The van der Waals surface area contributed by atoms with Gasteiger partial charge in [0, 0.05) is 6.20 Å². The molecule has 1 fully saturated rings. The number of carbonyl (C=O) groups is 1.